The summed E-state index contributed by atoms with van der Waals surface area (Å²) in [5.41, 5.74) is 1.17. The number of hydrogen-bond donors (Lipinski definition) is 3. The molecule has 42 heavy (non-hydrogen) atoms. The number of rotatable bonds is 11. The van der Waals surface area contributed by atoms with Crippen LogP contribution in [0, 0.1) is 31.6 Å². The molecule has 1 spiro atoms. The lowest BCUT2D eigenvalue weighted by molar-refractivity contribution is -0.144. The number of amides is 3. The lowest BCUT2D eigenvalue weighted by atomic mass is 9.62. The van der Waals surface area contributed by atoms with E-state index in [-0.39, 0.29) is 30.2 Å². The van der Waals surface area contributed by atoms with Crippen LogP contribution in [-0.2, 0) is 19.1 Å². The van der Waals surface area contributed by atoms with Gasteiger partial charge in [0.25, 0.3) is 0 Å². The normalized spacial score (nSPS) is 29.5. The zero-order valence-electron chi connectivity index (χ0n) is 25.2. The van der Waals surface area contributed by atoms with Crippen LogP contribution in [0.25, 0.3) is 0 Å². The van der Waals surface area contributed by atoms with Gasteiger partial charge in [-0.1, -0.05) is 25.1 Å². The number of unbranched alkanes of at least 4 members (excludes halogenated alkanes) is 2. The Morgan fingerprint density at radius 2 is 1.74 bits per heavy atom. The van der Waals surface area contributed by atoms with E-state index in [1.54, 1.807) is 29.2 Å². The third kappa shape index (κ3) is 4.96. The maximum Gasteiger partial charge on any atom is 0.250 e. The van der Waals surface area contributed by atoms with Gasteiger partial charge in [0.05, 0.1) is 24.0 Å². The zero-order valence-corrected chi connectivity index (χ0v) is 25.2. The number of nitrogens with zero attached hydrogens (tertiary/aromatic N) is 1. The number of aliphatic hydroxyl groups is 1. The number of aryl methyl sites for hydroxylation is 2. The number of carbonyl (C=O) groups excluding carboxylic acids is 3. The molecular formula is C33H43N3O6. The summed E-state index contributed by atoms with van der Waals surface area (Å²) >= 11 is 0. The van der Waals surface area contributed by atoms with Crippen LogP contribution < -0.4 is 15.4 Å². The summed E-state index contributed by atoms with van der Waals surface area (Å²) in [4.78, 5) is 44.1. The van der Waals surface area contributed by atoms with Crippen LogP contribution in [0.2, 0.25) is 0 Å². The summed E-state index contributed by atoms with van der Waals surface area (Å²) in [7, 11) is 0. The van der Waals surface area contributed by atoms with Gasteiger partial charge in [-0.25, -0.2) is 0 Å². The Morgan fingerprint density at radius 1 is 1.05 bits per heavy atom. The molecule has 0 radical (unpaired) electrons. The van der Waals surface area contributed by atoms with Crippen LogP contribution in [0.15, 0.2) is 42.5 Å². The van der Waals surface area contributed by atoms with Crippen molar-refractivity contribution in [3.63, 3.8) is 0 Å². The number of hydrogen-bond acceptors (Lipinski definition) is 6. The highest BCUT2D eigenvalue weighted by atomic mass is 16.5. The van der Waals surface area contributed by atoms with Crippen molar-refractivity contribution in [2.45, 2.75) is 77.5 Å². The summed E-state index contributed by atoms with van der Waals surface area (Å²) in [6.45, 7) is 10.7. The van der Waals surface area contributed by atoms with Crippen LogP contribution in [-0.4, -0.2) is 64.7 Å². The highest BCUT2D eigenvalue weighted by molar-refractivity contribution is 6.05. The molecule has 3 saturated heterocycles. The van der Waals surface area contributed by atoms with Crippen molar-refractivity contribution in [3.05, 3.63) is 53.6 Å². The summed E-state index contributed by atoms with van der Waals surface area (Å²) < 4.78 is 12.3. The predicted octanol–water partition coefficient (Wildman–Crippen LogP) is 4.45. The summed E-state index contributed by atoms with van der Waals surface area (Å²) in [5.74, 6) is -1.70. The third-order valence-electron chi connectivity index (χ3n) is 9.56. The SMILES string of the molecule is CCOc1ccc(NC(=O)[C@@H]2[C@H]3C(=O)N(CCCCCO)C(C(=O)Nc4c(C)cccc4C)C34CC(C)[C@@]2(C)O4)cc1. The smallest absolute Gasteiger partial charge is 0.250 e. The summed E-state index contributed by atoms with van der Waals surface area (Å²) in [5, 5.41) is 15.4. The molecule has 3 amide bonds. The molecule has 5 rings (SSSR count). The third-order valence-corrected chi connectivity index (χ3v) is 9.56. The minimum Gasteiger partial charge on any atom is -0.494 e. The molecule has 3 heterocycles. The van der Waals surface area contributed by atoms with Crippen LogP contribution in [0.1, 0.15) is 57.6 Å². The first kappa shape index (κ1) is 30.0. The van der Waals surface area contributed by atoms with Gasteiger partial charge in [-0.05, 0) is 94.7 Å². The molecule has 2 bridgehead atoms. The highest BCUT2D eigenvalue weighted by Crippen LogP contribution is 2.65. The van der Waals surface area contributed by atoms with Crippen molar-refractivity contribution in [3.8, 4) is 5.75 Å². The zero-order chi connectivity index (χ0) is 30.2. The van der Waals surface area contributed by atoms with Gasteiger partial charge in [0, 0.05) is 24.5 Å². The Labute approximate surface area is 248 Å². The Hall–Kier alpha value is -3.43. The Kier molecular flexibility index (Phi) is 8.36. The van der Waals surface area contributed by atoms with Gasteiger partial charge in [0.1, 0.15) is 17.4 Å². The highest BCUT2D eigenvalue weighted by Gasteiger charge is 2.79. The van der Waals surface area contributed by atoms with Crippen molar-refractivity contribution in [1.29, 1.82) is 0 Å². The van der Waals surface area contributed by atoms with E-state index in [1.807, 2.05) is 52.8 Å². The number of carbonyl (C=O) groups is 3. The molecule has 0 saturated carbocycles. The number of para-hydroxylation sites is 1. The molecule has 0 aliphatic carbocycles. The topological polar surface area (TPSA) is 117 Å². The Morgan fingerprint density at radius 3 is 2.38 bits per heavy atom. The van der Waals surface area contributed by atoms with E-state index >= 15 is 0 Å². The van der Waals surface area contributed by atoms with Crippen LogP contribution in [0.3, 0.4) is 0 Å². The number of nitrogens with one attached hydrogen (secondary N) is 2. The number of likely N-dealkylation sites (tertiary alicyclic amines) is 1. The molecule has 3 aliphatic heterocycles. The first-order valence-electron chi connectivity index (χ1n) is 15.1. The molecule has 3 unspecified atom stereocenters. The van der Waals surface area contributed by atoms with Gasteiger partial charge in [-0.3, -0.25) is 14.4 Å². The van der Waals surface area contributed by atoms with Gasteiger partial charge in [-0.2, -0.15) is 0 Å². The van der Waals surface area contributed by atoms with E-state index in [2.05, 4.69) is 10.6 Å². The number of ether oxygens (including phenoxy) is 2. The summed E-state index contributed by atoms with van der Waals surface area (Å²) in [6.07, 6.45) is 2.48. The van der Waals surface area contributed by atoms with Crippen molar-refractivity contribution < 1.29 is 29.0 Å². The van der Waals surface area contributed by atoms with Crippen LogP contribution in [0.4, 0.5) is 11.4 Å². The number of fused-ring (bicyclic) bond motifs is 1. The average Bonchev–Trinajstić information content (AvgIpc) is 3.46. The molecular weight excluding hydrogens is 534 g/mol. The van der Waals surface area contributed by atoms with E-state index in [9.17, 15) is 19.5 Å². The first-order chi connectivity index (χ1) is 20.1. The van der Waals surface area contributed by atoms with Gasteiger partial charge < -0.3 is 30.1 Å². The lowest BCUT2D eigenvalue weighted by Crippen LogP contribution is -2.54. The molecule has 226 valence electrons. The van der Waals surface area contributed by atoms with Gasteiger partial charge in [0.15, 0.2) is 0 Å². The number of benzene rings is 2. The molecule has 2 aromatic rings. The second-order valence-corrected chi connectivity index (χ2v) is 12.2. The van der Waals surface area contributed by atoms with Crippen molar-refractivity contribution >= 4 is 29.1 Å². The molecule has 0 aromatic heterocycles. The fraction of sp³-hybridized carbons (Fsp3) is 0.545. The van der Waals surface area contributed by atoms with Gasteiger partial charge in [-0.15, -0.1) is 0 Å². The lowest BCUT2D eigenvalue weighted by Gasteiger charge is -2.36. The minimum atomic E-state index is -1.12. The summed E-state index contributed by atoms with van der Waals surface area (Å²) in [6, 6.07) is 12.1. The van der Waals surface area contributed by atoms with Gasteiger partial charge in [0.2, 0.25) is 17.7 Å². The molecule has 3 aliphatic rings. The predicted molar refractivity (Wildman–Crippen MR) is 160 cm³/mol. The maximum absolute atomic E-state index is 14.3. The van der Waals surface area contributed by atoms with E-state index in [0.717, 1.165) is 23.2 Å². The standard InChI is InChI=1S/C33H43N3O6/c1-6-41-24-15-13-23(14-16-24)34-29(38)25-26-31(40)36(17-8-7-9-18-37)28(33(26)19-22(4)32(25,5)42-33)30(39)35-27-20(2)11-10-12-21(27)3/h10-16,22,25-26,28,37H,6-9,17-19H2,1-5H3,(H,34,38)(H,35,39)/t22?,25-,26-,28?,32+,33?/m0/s1. The molecule has 9 heteroatoms. The fourth-order valence-electron chi connectivity index (χ4n) is 7.47. The maximum atomic E-state index is 14.3. The minimum absolute atomic E-state index is 0.0533. The average molecular weight is 578 g/mol. The second-order valence-electron chi connectivity index (χ2n) is 12.2. The Bertz CT molecular complexity index is 1330. The quantitative estimate of drug-likeness (QED) is 0.340. The van der Waals surface area contributed by atoms with Crippen molar-refractivity contribution in [1.82, 2.24) is 4.90 Å². The largest absolute Gasteiger partial charge is 0.494 e. The van der Waals surface area contributed by atoms with Crippen molar-refractivity contribution in [2.24, 2.45) is 17.8 Å². The van der Waals surface area contributed by atoms with E-state index in [4.69, 9.17) is 9.47 Å². The van der Waals surface area contributed by atoms with E-state index in [0.29, 0.717) is 43.9 Å². The molecule has 9 nitrogen and oxygen atoms in total. The van der Waals surface area contributed by atoms with E-state index in [1.165, 1.54) is 0 Å². The molecule has 2 aromatic carbocycles. The molecule has 3 N–H and O–H groups in total. The van der Waals surface area contributed by atoms with Crippen LogP contribution in [0.5, 0.6) is 5.75 Å². The number of aliphatic hydroxyl groups excluding tert-OH is 1. The monoisotopic (exact) mass is 577 g/mol. The second kappa shape index (κ2) is 11.7. The molecule has 3 fully saturated rings. The fourth-order valence-corrected chi connectivity index (χ4v) is 7.47. The molecule has 6 atom stereocenters. The Balaban J connectivity index is 1.49. The van der Waals surface area contributed by atoms with Crippen LogP contribution >= 0.6 is 0 Å². The van der Waals surface area contributed by atoms with Crippen molar-refractivity contribution in [2.75, 3.05) is 30.4 Å². The van der Waals surface area contributed by atoms with Gasteiger partial charge >= 0.3 is 0 Å². The van der Waals surface area contributed by atoms with E-state index < -0.39 is 29.1 Å². The first-order valence-corrected chi connectivity index (χ1v) is 15.1. The number of anilines is 2.